The standard InChI is InChI=1S/C48H70N2O13/c1-28-21-34(12-10-11-32-16-18-49-19-17-32)39(54)27-38(53)31(4)43(29(2)23-33-14-15-37(52)40(25-33)59-5)62-47(57)36-13-8-9-20-50(36)46(56)45(55)48(58)30(3)24-41(60-6)44(63-48)42(61-7)26-35(51)22-28/h10-11,16-19,21,23,30-31,33-38,40-44,51-53,58H,8-9,12-15,20,22,24-27H2,1-7H3/b11-10+,28-21+,29-23+/t30-,31-,33+,34-,35+,36+,37-,38+,40-,41+,42+,43-,44+,48-/m1/s1. The van der Waals surface area contributed by atoms with Gasteiger partial charge in [0.1, 0.15) is 24.0 Å². The van der Waals surface area contributed by atoms with Gasteiger partial charge in [0.05, 0.1) is 36.6 Å². The minimum absolute atomic E-state index is 0.00253. The lowest BCUT2D eigenvalue weighted by atomic mass is 9.81. The van der Waals surface area contributed by atoms with Crippen LogP contribution in [0.25, 0.3) is 6.08 Å². The Balaban J connectivity index is 1.55. The molecule has 1 aromatic heterocycles. The Morgan fingerprint density at radius 2 is 1.59 bits per heavy atom. The molecule has 1 saturated carbocycles. The molecule has 0 radical (unpaired) electrons. The number of carbonyl (C=O) groups is 4. The normalized spacial score (nSPS) is 38.3. The molecule has 63 heavy (non-hydrogen) atoms. The summed E-state index contributed by atoms with van der Waals surface area (Å²) in [5, 5.41) is 45.9. The van der Waals surface area contributed by atoms with Crippen molar-refractivity contribution in [3.63, 3.8) is 0 Å². The molecule has 1 amide bonds. The first-order valence-corrected chi connectivity index (χ1v) is 22.5. The van der Waals surface area contributed by atoms with Crippen molar-refractivity contribution in [1.29, 1.82) is 0 Å². The third-order valence-electron chi connectivity index (χ3n) is 13.6. The van der Waals surface area contributed by atoms with Gasteiger partial charge in [0.15, 0.2) is 0 Å². The number of rotatable bonds is 8. The van der Waals surface area contributed by atoms with Crippen LogP contribution in [0.4, 0.5) is 0 Å². The highest BCUT2D eigenvalue weighted by Crippen LogP contribution is 2.39. The van der Waals surface area contributed by atoms with Crippen molar-refractivity contribution in [2.24, 2.45) is 23.7 Å². The molecule has 15 heteroatoms. The molecule has 3 fully saturated rings. The van der Waals surface area contributed by atoms with Crippen LogP contribution in [0, 0.1) is 23.7 Å². The number of pyridine rings is 1. The van der Waals surface area contributed by atoms with E-state index in [1.165, 1.54) is 14.2 Å². The average molecular weight is 883 g/mol. The smallest absolute Gasteiger partial charge is 0.329 e. The minimum atomic E-state index is -2.61. The van der Waals surface area contributed by atoms with Gasteiger partial charge in [-0.25, -0.2) is 4.79 Å². The summed E-state index contributed by atoms with van der Waals surface area (Å²) in [6.45, 7) is 6.94. The molecule has 4 heterocycles. The van der Waals surface area contributed by atoms with Crippen LogP contribution in [0.3, 0.4) is 0 Å². The monoisotopic (exact) mass is 882 g/mol. The van der Waals surface area contributed by atoms with E-state index in [4.69, 9.17) is 23.7 Å². The number of aliphatic hydroxyl groups is 4. The largest absolute Gasteiger partial charge is 0.456 e. The lowest BCUT2D eigenvalue weighted by molar-refractivity contribution is -0.303. The first kappa shape index (κ1) is 50.3. The molecule has 350 valence electrons. The van der Waals surface area contributed by atoms with Crippen LogP contribution in [0.5, 0.6) is 0 Å². The molecule has 1 aliphatic carbocycles. The third-order valence-corrected chi connectivity index (χ3v) is 13.6. The van der Waals surface area contributed by atoms with Gasteiger partial charge in [0, 0.05) is 70.9 Å². The Morgan fingerprint density at radius 3 is 2.27 bits per heavy atom. The summed E-state index contributed by atoms with van der Waals surface area (Å²) in [4.78, 5) is 62.5. The minimum Gasteiger partial charge on any atom is -0.456 e. The van der Waals surface area contributed by atoms with Gasteiger partial charge in [-0.3, -0.25) is 19.4 Å². The number of hydrogen-bond donors (Lipinski definition) is 4. The van der Waals surface area contributed by atoms with Gasteiger partial charge in [0.25, 0.3) is 11.7 Å². The Morgan fingerprint density at radius 1 is 0.905 bits per heavy atom. The number of aromatic nitrogens is 1. The highest BCUT2D eigenvalue weighted by atomic mass is 16.7. The number of methoxy groups -OCH3 is 3. The number of esters is 1. The van der Waals surface area contributed by atoms with Gasteiger partial charge in [-0.2, -0.15) is 0 Å². The zero-order chi connectivity index (χ0) is 46.0. The number of allylic oxidation sites excluding steroid dienone is 3. The van der Waals surface area contributed by atoms with E-state index in [2.05, 4.69) is 4.98 Å². The number of ether oxygens (including phenoxy) is 5. The number of aliphatic hydroxyl groups excluding tert-OH is 3. The lowest BCUT2D eigenvalue weighted by Crippen LogP contribution is -2.64. The molecule has 0 aromatic carbocycles. The van der Waals surface area contributed by atoms with E-state index < -0.39 is 90.0 Å². The van der Waals surface area contributed by atoms with E-state index in [0.29, 0.717) is 49.7 Å². The van der Waals surface area contributed by atoms with Crippen LogP contribution in [-0.4, -0.2) is 142 Å². The molecule has 4 N–H and O–H groups in total. The number of nitrogens with zero attached hydrogens (tertiary/aromatic N) is 2. The second-order valence-electron chi connectivity index (χ2n) is 18.2. The molecule has 2 bridgehead atoms. The van der Waals surface area contributed by atoms with E-state index in [-0.39, 0.29) is 56.5 Å². The molecule has 0 spiro atoms. The molecule has 1 aromatic rings. The maximum Gasteiger partial charge on any atom is 0.329 e. The van der Waals surface area contributed by atoms with Gasteiger partial charge in [-0.1, -0.05) is 43.7 Å². The number of amides is 1. The van der Waals surface area contributed by atoms with Gasteiger partial charge in [-0.15, -0.1) is 0 Å². The Labute approximate surface area is 371 Å². The molecule has 4 aliphatic rings. The molecular weight excluding hydrogens is 813 g/mol. The maximum atomic E-state index is 14.4. The van der Waals surface area contributed by atoms with Crippen molar-refractivity contribution in [3.8, 4) is 0 Å². The van der Waals surface area contributed by atoms with Gasteiger partial charge in [0.2, 0.25) is 5.79 Å². The van der Waals surface area contributed by atoms with E-state index in [0.717, 1.165) is 10.5 Å². The third kappa shape index (κ3) is 12.6. The Bertz CT molecular complexity index is 1800. The number of piperidine rings is 1. The molecule has 14 atom stereocenters. The number of ketones is 2. The fraction of sp³-hybridized carbons (Fsp3) is 0.688. The predicted molar refractivity (Wildman–Crippen MR) is 233 cm³/mol. The van der Waals surface area contributed by atoms with Crippen molar-refractivity contribution in [2.45, 2.75) is 159 Å². The SMILES string of the molecule is CO[C@H]1C[C@@H](O)C/C(C)=C/[C@@H](C/C=C/c2ccncc2)C(=O)C[C@H](O)[C@@H](C)[C@@H](/C(C)=C/[C@@H]2CC[C@@H](O)[C@H](OC)C2)OC(=O)[C@@H]2CCCCN2C(=O)C(=O)[C@]2(O)O[C@H]1[C@@H](OC)C[C@H]2C. The Hall–Kier alpha value is -3.67. The summed E-state index contributed by atoms with van der Waals surface area (Å²) >= 11 is 0. The molecule has 0 unspecified atom stereocenters. The van der Waals surface area contributed by atoms with E-state index in [1.807, 2.05) is 37.3 Å². The van der Waals surface area contributed by atoms with E-state index in [1.54, 1.807) is 46.4 Å². The second-order valence-corrected chi connectivity index (χ2v) is 18.2. The highest BCUT2D eigenvalue weighted by molar-refractivity contribution is 6.39. The van der Waals surface area contributed by atoms with Crippen molar-refractivity contribution >= 4 is 29.5 Å². The average Bonchev–Trinajstić information content (AvgIpc) is 3.27. The molecule has 2 saturated heterocycles. The van der Waals surface area contributed by atoms with Crippen molar-refractivity contribution < 1.29 is 63.3 Å². The van der Waals surface area contributed by atoms with Gasteiger partial charge >= 0.3 is 5.97 Å². The quantitative estimate of drug-likeness (QED) is 0.163. The summed E-state index contributed by atoms with van der Waals surface area (Å²) in [7, 11) is 4.44. The molecule has 3 aliphatic heterocycles. The number of hydrogen-bond acceptors (Lipinski definition) is 14. The highest BCUT2D eigenvalue weighted by Gasteiger charge is 2.56. The lowest BCUT2D eigenvalue weighted by Gasteiger charge is -2.47. The summed E-state index contributed by atoms with van der Waals surface area (Å²) in [5.74, 6) is -8.43. The zero-order valence-electron chi connectivity index (χ0n) is 38.0. The van der Waals surface area contributed by atoms with Crippen LogP contribution in [0.1, 0.15) is 104 Å². The predicted octanol–water partition coefficient (Wildman–Crippen LogP) is 4.29. The number of cyclic esters (lactones) is 1. The molecule has 15 nitrogen and oxygen atoms in total. The number of fused-ring (bicyclic) bond motifs is 3. The summed E-state index contributed by atoms with van der Waals surface area (Å²) in [6, 6.07) is 2.50. The van der Waals surface area contributed by atoms with E-state index in [9.17, 15) is 39.6 Å². The first-order chi connectivity index (χ1) is 30.0. The number of carbonyl (C=O) groups excluding carboxylic acids is 4. The van der Waals surface area contributed by atoms with Crippen molar-refractivity contribution in [1.82, 2.24) is 9.88 Å². The Kier molecular flexibility index (Phi) is 18.4. The van der Waals surface area contributed by atoms with Crippen LogP contribution in [-0.2, 0) is 42.9 Å². The maximum absolute atomic E-state index is 14.4. The number of Topliss-reactive ketones (excluding diaryl/α,β-unsaturated/α-hetero) is 2. The fourth-order valence-electron chi connectivity index (χ4n) is 9.76. The summed E-state index contributed by atoms with van der Waals surface area (Å²) in [5.41, 5.74) is 2.22. The van der Waals surface area contributed by atoms with Crippen LogP contribution >= 0.6 is 0 Å². The van der Waals surface area contributed by atoms with Crippen molar-refractivity contribution in [2.75, 3.05) is 27.9 Å². The van der Waals surface area contributed by atoms with E-state index >= 15 is 0 Å². The van der Waals surface area contributed by atoms with Crippen molar-refractivity contribution in [3.05, 3.63) is 59.5 Å². The van der Waals surface area contributed by atoms with Gasteiger partial charge < -0.3 is 49.0 Å². The van der Waals surface area contributed by atoms with Gasteiger partial charge in [-0.05, 0) is 101 Å². The molecular formula is C48H70N2O13. The molecule has 5 rings (SSSR count). The summed E-state index contributed by atoms with van der Waals surface area (Å²) < 4.78 is 29.6. The summed E-state index contributed by atoms with van der Waals surface area (Å²) in [6.07, 6.45) is 7.11. The van der Waals surface area contributed by atoms with Crippen LogP contribution in [0.15, 0.2) is 53.9 Å². The second kappa shape index (κ2) is 23.0. The fourth-order valence-corrected chi connectivity index (χ4v) is 9.76. The topological polar surface area (TPSA) is 211 Å². The van der Waals surface area contributed by atoms with Crippen LogP contribution < -0.4 is 0 Å². The van der Waals surface area contributed by atoms with Crippen LogP contribution in [0.2, 0.25) is 0 Å². The first-order valence-electron chi connectivity index (χ1n) is 22.5. The zero-order valence-corrected chi connectivity index (χ0v) is 38.0.